The zero-order valence-electron chi connectivity index (χ0n) is 15.6. The first kappa shape index (κ1) is 20.8. The molecule has 152 valence electrons. The molecule has 1 fully saturated rings. The van der Waals surface area contributed by atoms with Crippen molar-refractivity contribution in [1.29, 1.82) is 0 Å². The van der Waals surface area contributed by atoms with Crippen LogP contribution in [-0.2, 0) is 11.3 Å². The summed E-state index contributed by atoms with van der Waals surface area (Å²) in [6, 6.07) is 11.2. The highest BCUT2D eigenvalue weighted by molar-refractivity contribution is 6.31. The summed E-state index contributed by atoms with van der Waals surface area (Å²) in [4.78, 5) is 27.4. The van der Waals surface area contributed by atoms with Crippen molar-refractivity contribution in [2.45, 2.75) is 6.54 Å². The second-order valence-corrected chi connectivity index (χ2v) is 7.16. The fourth-order valence-corrected chi connectivity index (χ4v) is 3.31. The number of nitrogens with zero attached hydrogens (tertiary/aromatic N) is 2. The fourth-order valence-electron chi connectivity index (χ4n) is 3.14. The third kappa shape index (κ3) is 6.04. The Morgan fingerprint density at radius 1 is 1.10 bits per heavy atom. The molecular weight excluding hydrogens is 397 g/mol. The summed E-state index contributed by atoms with van der Waals surface area (Å²) in [5.41, 5.74) is 1.91. The van der Waals surface area contributed by atoms with Gasteiger partial charge >= 0.3 is 6.09 Å². The molecule has 0 unspecified atom stereocenters. The molecule has 6 nitrogen and oxygen atoms in total. The van der Waals surface area contributed by atoms with E-state index >= 15 is 0 Å². The van der Waals surface area contributed by atoms with E-state index in [0.29, 0.717) is 35.9 Å². The van der Waals surface area contributed by atoms with Crippen LogP contribution < -0.4 is 5.32 Å². The molecule has 2 N–H and O–H groups in total. The van der Waals surface area contributed by atoms with Crippen LogP contribution in [0.1, 0.15) is 11.1 Å². The van der Waals surface area contributed by atoms with Gasteiger partial charge in [0.25, 0.3) is 0 Å². The lowest BCUT2D eigenvalue weighted by molar-refractivity contribution is -0.127. The number of hydrogen-bond donors (Lipinski definition) is 2. The topological polar surface area (TPSA) is 72.9 Å². The number of carbonyl (C=O) groups is 2. The second-order valence-electron chi connectivity index (χ2n) is 6.72. The zero-order valence-corrected chi connectivity index (χ0v) is 16.4. The van der Waals surface area contributed by atoms with Crippen molar-refractivity contribution in [3.8, 4) is 0 Å². The number of carbonyl (C=O) groups excluding carboxylic acids is 1. The number of halogens is 2. The van der Waals surface area contributed by atoms with E-state index in [0.717, 1.165) is 18.7 Å². The van der Waals surface area contributed by atoms with Gasteiger partial charge in [-0.2, -0.15) is 0 Å². The van der Waals surface area contributed by atoms with E-state index in [2.05, 4.69) is 10.2 Å². The molecule has 2 aromatic rings. The first-order valence-corrected chi connectivity index (χ1v) is 9.52. The first-order valence-electron chi connectivity index (χ1n) is 9.14. The Balaban J connectivity index is 1.56. The lowest BCUT2D eigenvalue weighted by atomic mass is 10.1. The van der Waals surface area contributed by atoms with E-state index < -0.39 is 6.09 Å². The zero-order chi connectivity index (χ0) is 20.8. The summed E-state index contributed by atoms with van der Waals surface area (Å²) < 4.78 is 13.0. The Bertz CT molecular complexity index is 910. The molecule has 0 saturated carbocycles. The van der Waals surface area contributed by atoms with Gasteiger partial charge in [0, 0.05) is 43.8 Å². The quantitative estimate of drug-likeness (QED) is 0.723. The summed E-state index contributed by atoms with van der Waals surface area (Å²) in [7, 11) is 0. The second kappa shape index (κ2) is 9.54. The van der Waals surface area contributed by atoms with Crippen LogP contribution in [0.3, 0.4) is 0 Å². The van der Waals surface area contributed by atoms with Crippen molar-refractivity contribution in [3.05, 3.63) is 70.5 Å². The van der Waals surface area contributed by atoms with E-state index in [-0.39, 0.29) is 11.7 Å². The molecule has 1 heterocycles. The Labute approximate surface area is 173 Å². The van der Waals surface area contributed by atoms with E-state index in [1.807, 2.05) is 0 Å². The van der Waals surface area contributed by atoms with Crippen LogP contribution in [0.25, 0.3) is 6.08 Å². The number of carboxylic acid groups (broad SMARTS) is 1. The van der Waals surface area contributed by atoms with E-state index in [9.17, 15) is 14.0 Å². The van der Waals surface area contributed by atoms with Crippen molar-refractivity contribution in [3.63, 3.8) is 0 Å². The van der Waals surface area contributed by atoms with Crippen LogP contribution in [0.15, 0.2) is 48.5 Å². The van der Waals surface area contributed by atoms with Crippen molar-refractivity contribution in [2.24, 2.45) is 0 Å². The summed E-state index contributed by atoms with van der Waals surface area (Å²) >= 11 is 5.91. The summed E-state index contributed by atoms with van der Waals surface area (Å²) in [5.74, 6) is -0.388. The third-order valence-corrected chi connectivity index (χ3v) is 4.90. The maximum absolute atomic E-state index is 13.0. The smallest absolute Gasteiger partial charge is 0.409 e. The molecular formula is C21H21ClFN3O3. The molecule has 1 aliphatic heterocycles. The molecule has 0 aromatic heterocycles. The maximum Gasteiger partial charge on any atom is 0.409 e. The first-order chi connectivity index (χ1) is 13.9. The van der Waals surface area contributed by atoms with Crippen molar-refractivity contribution in [1.82, 2.24) is 9.80 Å². The van der Waals surface area contributed by atoms with Crippen LogP contribution >= 0.6 is 11.6 Å². The number of nitrogens with one attached hydrogen (secondary N) is 1. The minimum absolute atomic E-state index is 0.136. The Morgan fingerprint density at radius 3 is 2.45 bits per heavy atom. The van der Waals surface area contributed by atoms with Gasteiger partial charge in [-0.1, -0.05) is 29.8 Å². The van der Waals surface area contributed by atoms with Crippen LogP contribution in [0.5, 0.6) is 0 Å². The Hall–Kier alpha value is -2.90. The van der Waals surface area contributed by atoms with E-state index in [1.165, 1.54) is 24.3 Å². The highest BCUT2D eigenvalue weighted by Crippen LogP contribution is 2.22. The predicted octanol–water partition coefficient (Wildman–Crippen LogP) is 3.93. The Kier molecular flexibility index (Phi) is 6.85. The molecule has 1 saturated heterocycles. The van der Waals surface area contributed by atoms with Gasteiger partial charge in [0.15, 0.2) is 0 Å². The number of piperazine rings is 1. The normalized spacial score (nSPS) is 14.9. The van der Waals surface area contributed by atoms with Gasteiger partial charge in [-0.05, 0) is 41.5 Å². The molecule has 8 heteroatoms. The summed E-state index contributed by atoms with van der Waals surface area (Å²) in [5, 5.41) is 11.6. The monoisotopic (exact) mass is 417 g/mol. The van der Waals surface area contributed by atoms with Crippen LogP contribution in [0.2, 0.25) is 5.02 Å². The number of amides is 2. The molecule has 2 aromatic carbocycles. The molecule has 0 bridgehead atoms. The average Bonchev–Trinajstić information content (AvgIpc) is 2.69. The predicted molar refractivity (Wildman–Crippen MR) is 110 cm³/mol. The van der Waals surface area contributed by atoms with Gasteiger partial charge in [0.1, 0.15) is 5.82 Å². The van der Waals surface area contributed by atoms with Gasteiger partial charge in [-0.25, -0.2) is 9.18 Å². The molecule has 29 heavy (non-hydrogen) atoms. The van der Waals surface area contributed by atoms with Crippen molar-refractivity contribution >= 4 is 35.4 Å². The minimum Gasteiger partial charge on any atom is -0.465 e. The lowest BCUT2D eigenvalue weighted by Crippen LogP contribution is -2.47. The number of benzene rings is 2. The fraction of sp³-hybridized carbons (Fsp3) is 0.238. The lowest BCUT2D eigenvalue weighted by Gasteiger charge is -2.34. The van der Waals surface area contributed by atoms with Crippen LogP contribution in [-0.4, -0.2) is 53.1 Å². The molecule has 1 aliphatic rings. The van der Waals surface area contributed by atoms with Gasteiger partial charge < -0.3 is 10.0 Å². The summed E-state index contributed by atoms with van der Waals surface area (Å²) in [6.07, 6.45) is 1.81. The van der Waals surface area contributed by atoms with Crippen LogP contribution in [0.4, 0.5) is 14.9 Å². The van der Waals surface area contributed by atoms with Crippen LogP contribution in [0, 0.1) is 5.82 Å². The number of hydrogen-bond acceptors (Lipinski definition) is 3. The van der Waals surface area contributed by atoms with Crippen molar-refractivity contribution < 1.29 is 19.1 Å². The largest absolute Gasteiger partial charge is 0.465 e. The SMILES string of the molecule is O=C(O)Nc1cc(Cl)ccc1C=CC(=O)N1CCN(Cc2ccc(F)cc2)CC1. The molecule has 0 radical (unpaired) electrons. The van der Waals surface area contributed by atoms with E-state index in [4.69, 9.17) is 16.7 Å². The molecule has 0 spiro atoms. The summed E-state index contributed by atoms with van der Waals surface area (Å²) in [6.45, 7) is 3.34. The highest BCUT2D eigenvalue weighted by atomic mass is 35.5. The molecule has 0 atom stereocenters. The van der Waals surface area contributed by atoms with Crippen molar-refractivity contribution in [2.75, 3.05) is 31.5 Å². The Morgan fingerprint density at radius 2 is 1.79 bits per heavy atom. The average molecular weight is 418 g/mol. The van der Waals surface area contributed by atoms with Gasteiger partial charge in [-0.3, -0.25) is 15.0 Å². The van der Waals surface area contributed by atoms with Gasteiger partial charge in [-0.15, -0.1) is 0 Å². The van der Waals surface area contributed by atoms with Gasteiger partial charge in [0.05, 0.1) is 5.69 Å². The van der Waals surface area contributed by atoms with E-state index in [1.54, 1.807) is 35.2 Å². The highest BCUT2D eigenvalue weighted by Gasteiger charge is 2.19. The maximum atomic E-state index is 13.0. The third-order valence-electron chi connectivity index (χ3n) is 4.67. The van der Waals surface area contributed by atoms with Gasteiger partial charge in [0.2, 0.25) is 5.91 Å². The minimum atomic E-state index is -1.20. The molecule has 3 rings (SSSR count). The standard InChI is InChI=1S/C21H21ClFN3O3/c22-17-5-3-16(19(13-17)24-21(28)29)4-8-20(27)26-11-9-25(10-12-26)14-15-1-6-18(23)7-2-15/h1-8,13,24H,9-12,14H2,(H,28,29). The molecule has 2 amide bonds. The number of anilines is 1. The number of rotatable bonds is 5. The molecule has 0 aliphatic carbocycles.